The highest BCUT2D eigenvalue weighted by molar-refractivity contribution is 6.47. The summed E-state index contributed by atoms with van der Waals surface area (Å²) in [6.07, 6.45) is 5.14. The van der Waals surface area contributed by atoms with Gasteiger partial charge in [-0.2, -0.15) is 5.10 Å². The highest BCUT2D eigenvalue weighted by Crippen LogP contribution is 2.32. The van der Waals surface area contributed by atoms with Crippen LogP contribution in [0.15, 0.2) is 85.3 Å². The molecule has 3 aromatic heterocycles. The molecular weight excluding hydrogens is 503 g/mol. The second-order valence-electron chi connectivity index (χ2n) is 9.71. The highest BCUT2D eigenvalue weighted by atomic mass is 16.3. The fraction of sp³-hybridized carbons (Fsp3) is 0.100. The Morgan fingerprint density at radius 1 is 1.02 bits per heavy atom. The van der Waals surface area contributed by atoms with Crippen LogP contribution in [0.1, 0.15) is 21.5 Å². The van der Waals surface area contributed by atoms with Gasteiger partial charge < -0.3 is 15.4 Å². The summed E-state index contributed by atoms with van der Waals surface area (Å²) in [5.41, 5.74) is 5.10. The lowest BCUT2D eigenvalue weighted by molar-refractivity contribution is 0.0992. The van der Waals surface area contributed by atoms with Gasteiger partial charge >= 0.3 is 7.05 Å². The Labute approximate surface area is 230 Å². The molecule has 40 heavy (non-hydrogen) atoms. The van der Waals surface area contributed by atoms with E-state index in [9.17, 15) is 14.9 Å². The fourth-order valence-electron chi connectivity index (χ4n) is 4.69. The number of pyridine rings is 1. The zero-order valence-corrected chi connectivity index (χ0v) is 21.9. The van der Waals surface area contributed by atoms with Crippen LogP contribution in [-0.2, 0) is 6.42 Å². The minimum absolute atomic E-state index is 0.0209. The first-order chi connectivity index (χ1) is 19.4. The fourth-order valence-corrected chi connectivity index (χ4v) is 4.69. The van der Waals surface area contributed by atoms with Crippen molar-refractivity contribution in [1.82, 2.24) is 24.6 Å². The molecule has 0 atom stereocenters. The van der Waals surface area contributed by atoms with Crippen molar-refractivity contribution in [2.45, 2.75) is 20.2 Å². The quantitative estimate of drug-likeness (QED) is 0.191. The van der Waals surface area contributed by atoms with Gasteiger partial charge in [0.1, 0.15) is 11.6 Å². The first-order valence-electron chi connectivity index (χ1n) is 12.8. The van der Waals surface area contributed by atoms with E-state index in [4.69, 9.17) is 9.97 Å². The minimum atomic E-state index is -0.744. The monoisotopic (exact) mass is 528 g/mol. The molecule has 6 rings (SSSR count). The minimum Gasteiger partial charge on any atom is -0.508 e. The van der Waals surface area contributed by atoms with E-state index in [-0.39, 0.29) is 18.0 Å². The van der Waals surface area contributed by atoms with Gasteiger partial charge in [0.2, 0.25) is 0 Å². The molecule has 0 saturated heterocycles. The molecule has 10 heteroatoms. The third-order valence-electron chi connectivity index (χ3n) is 6.76. The number of carbonyl (C=O) groups is 1. The first kappa shape index (κ1) is 25.2. The smallest absolute Gasteiger partial charge is 0.431 e. The molecule has 3 N–H and O–H groups in total. The van der Waals surface area contributed by atoms with Crippen molar-refractivity contribution in [3.05, 3.63) is 102 Å². The van der Waals surface area contributed by atoms with Crippen molar-refractivity contribution in [2.75, 3.05) is 5.32 Å². The van der Waals surface area contributed by atoms with Gasteiger partial charge in [-0.05, 0) is 73.4 Å². The third kappa shape index (κ3) is 4.88. The number of aromatic nitrogens is 5. The van der Waals surface area contributed by atoms with Crippen molar-refractivity contribution in [2.24, 2.45) is 0 Å². The predicted molar refractivity (Wildman–Crippen MR) is 156 cm³/mol. The molecule has 0 saturated carbocycles. The summed E-state index contributed by atoms with van der Waals surface area (Å²) in [5, 5.41) is 29.6. The largest absolute Gasteiger partial charge is 0.508 e. The molecule has 9 nitrogen and oxygen atoms in total. The number of phenols is 1. The summed E-state index contributed by atoms with van der Waals surface area (Å²) in [5.74, 6) is 1.14. The number of aryl methyl sites for hydroxylation is 1. The second kappa shape index (κ2) is 10.2. The molecule has 0 fully saturated rings. The van der Waals surface area contributed by atoms with Crippen LogP contribution in [-0.4, -0.2) is 47.6 Å². The summed E-state index contributed by atoms with van der Waals surface area (Å²) < 4.78 is 1.55. The topological polar surface area (TPSA) is 126 Å². The summed E-state index contributed by atoms with van der Waals surface area (Å²) in [6.45, 7) is 3.48. The summed E-state index contributed by atoms with van der Waals surface area (Å²) in [6, 6.07) is 20.3. The zero-order valence-electron chi connectivity index (χ0n) is 21.9. The molecule has 196 valence electrons. The molecule has 0 aliphatic heterocycles. The van der Waals surface area contributed by atoms with Crippen molar-refractivity contribution in [3.63, 3.8) is 0 Å². The lowest BCUT2D eigenvalue weighted by atomic mass is 9.89. The van der Waals surface area contributed by atoms with E-state index in [2.05, 4.69) is 15.4 Å². The number of carbonyl (C=O) groups excluding carboxylic acids is 1. The maximum atomic E-state index is 12.8. The zero-order chi connectivity index (χ0) is 27.8. The molecule has 6 aromatic rings. The second-order valence-corrected chi connectivity index (χ2v) is 9.71. The molecule has 0 unspecified atom stereocenters. The average molecular weight is 528 g/mol. The van der Waals surface area contributed by atoms with Gasteiger partial charge in [0, 0.05) is 46.4 Å². The maximum absolute atomic E-state index is 12.8. The van der Waals surface area contributed by atoms with E-state index >= 15 is 0 Å². The number of aromatic hydroxyl groups is 1. The summed E-state index contributed by atoms with van der Waals surface area (Å²) >= 11 is 0. The number of nitrogens with zero attached hydrogens (tertiary/aromatic N) is 5. The Balaban J connectivity index is 1.39. The van der Waals surface area contributed by atoms with Gasteiger partial charge in [0.15, 0.2) is 11.6 Å². The molecular formula is C30H25BN6O3. The van der Waals surface area contributed by atoms with E-state index in [0.29, 0.717) is 33.7 Å². The van der Waals surface area contributed by atoms with Gasteiger partial charge in [-0.15, -0.1) is 0 Å². The van der Waals surface area contributed by atoms with Crippen LogP contribution in [0.4, 0.5) is 11.5 Å². The Bertz CT molecular complexity index is 1890. The highest BCUT2D eigenvalue weighted by Gasteiger charge is 2.16. The number of rotatable bonds is 7. The number of hydrogen-bond donors (Lipinski definition) is 3. The first-order valence-corrected chi connectivity index (χ1v) is 12.8. The van der Waals surface area contributed by atoms with Gasteiger partial charge in [-0.3, -0.25) is 14.4 Å². The number of phenolic OH excluding ortho intramolecular Hbond substituents is 1. The Morgan fingerprint density at radius 3 is 2.70 bits per heavy atom. The number of nitrogens with one attached hydrogen (secondary N) is 1. The molecule has 0 amide bonds. The Morgan fingerprint density at radius 2 is 1.90 bits per heavy atom. The van der Waals surface area contributed by atoms with E-state index < -0.39 is 7.05 Å². The predicted octanol–water partition coefficient (Wildman–Crippen LogP) is 5.18. The van der Waals surface area contributed by atoms with Crippen molar-refractivity contribution in [3.8, 4) is 17.1 Å². The number of Topliss-reactive ketones (excluding diaryl/α,β-unsaturated/α-hetero) is 1. The maximum Gasteiger partial charge on any atom is 0.431 e. The number of hydrogen-bond acceptors (Lipinski definition) is 8. The molecule has 0 aliphatic carbocycles. The van der Waals surface area contributed by atoms with E-state index in [1.54, 1.807) is 48.2 Å². The van der Waals surface area contributed by atoms with Gasteiger partial charge in [0.25, 0.3) is 0 Å². The van der Waals surface area contributed by atoms with Crippen LogP contribution in [0.25, 0.3) is 33.2 Å². The van der Waals surface area contributed by atoms with Crippen molar-refractivity contribution in [1.29, 1.82) is 0 Å². The van der Waals surface area contributed by atoms with Gasteiger partial charge in [-0.25, -0.2) is 9.97 Å². The van der Waals surface area contributed by atoms with Crippen LogP contribution in [0.2, 0.25) is 6.82 Å². The van der Waals surface area contributed by atoms with E-state index in [0.717, 1.165) is 27.7 Å². The van der Waals surface area contributed by atoms with Crippen LogP contribution < -0.4 is 5.32 Å². The number of anilines is 2. The SMILES string of the molecule is CB(O)n1ncc2cc(Nc3nc(-c4cccc(CC(=O)c5cccnc5)c4)nc4cc(C)c(O)cc34)ccc21. The van der Waals surface area contributed by atoms with Crippen LogP contribution in [0, 0.1) is 6.92 Å². The molecule has 0 aliphatic rings. The van der Waals surface area contributed by atoms with Crippen LogP contribution in [0.3, 0.4) is 0 Å². The lowest BCUT2D eigenvalue weighted by Gasteiger charge is -2.13. The lowest BCUT2D eigenvalue weighted by Crippen LogP contribution is -2.20. The number of benzene rings is 3. The normalized spacial score (nSPS) is 11.2. The van der Waals surface area contributed by atoms with Crippen molar-refractivity contribution >= 4 is 46.1 Å². The van der Waals surface area contributed by atoms with Gasteiger partial charge in [-0.1, -0.05) is 18.2 Å². The Kier molecular flexibility index (Phi) is 6.45. The standard InChI is InChI=1S/C30H25BN6O3/c1-18-11-25-24(15-27(18)38)30(34-23-8-9-26-22(14-23)17-33-37(26)31(2)40)36-29(35-25)20-6-3-5-19(12-20)13-28(39)21-7-4-10-32-16-21/h3-12,14-17,38,40H,13H2,1-2H3,(H,34,35,36). The third-order valence-corrected chi connectivity index (χ3v) is 6.76. The average Bonchev–Trinajstić information content (AvgIpc) is 3.38. The molecule has 0 spiro atoms. The van der Waals surface area contributed by atoms with Crippen LogP contribution >= 0.6 is 0 Å². The Hall–Kier alpha value is -5.09. The van der Waals surface area contributed by atoms with E-state index in [1.807, 2.05) is 55.5 Å². The molecule has 0 bridgehead atoms. The van der Waals surface area contributed by atoms with Gasteiger partial charge in [0.05, 0.1) is 17.2 Å². The van der Waals surface area contributed by atoms with Crippen LogP contribution in [0.5, 0.6) is 5.75 Å². The van der Waals surface area contributed by atoms with E-state index in [1.165, 1.54) is 0 Å². The molecule has 3 heterocycles. The molecule has 3 aromatic carbocycles. The van der Waals surface area contributed by atoms with Crippen molar-refractivity contribution < 1.29 is 14.9 Å². The number of ketones is 1. The number of fused-ring (bicyclic) bond motifs is 2. The summed E-state index contributed by atoms with van der Waals surface area (Å²) in [4.78, 5) is 26.5. The molecule has 0 radical (unpaired) electrons. The summed E-state index contributed by atoms with van der Waals surface area (Å²) in [7, 11) is -0.744.